The zero-order valence-corrected chi connectivity index (χ0v) is 63.9. The van der Waals surface area contributed by atoms with Gasteiger partial charge < -0.3 is 33.8 Å². The van der Waals surface area contributed by atoms with Crippen molar-refractivity contribution in [2.45, 2.75) is 407 Å². The van der Waals surface area contributed by atoms with Crippen molar-refractivity contribution in [1.82, 2.24) is 0 Å². The first-order valence-corrected chi connectivity index (χ1v) is 42.4. The Morgan fingerprint density at radius 2 is 0.537 bits per heavy atom. The molecular formula is C76H148O17P2. The molecule has 0 bridgehead atoms. The van der Waals surface area contributed by atoms with E-state index in [1.165, 1.54) is 199 Å². The highest BCUT2D eigenvalue weighted by atomic mass is 31.2. The van der Waals surface area contributed by atoms with Crippen LogP contribution in [0.25, 0.3) is 0 Å². The molecule has 564 valence electrons. The van der Waals surface area contributed by atoms with E-state index in [1.54, 1.807) is 0 Å². The van der Waals surface area contributed by atoms with E-state index in [9.17, 15) is 43.2 Å². The average Bonchev–Trinajstić information content (AvgIpc) is 1.59. The molecule has 3 N–H and O–H groups in total. The number of ether oxygens (including phenoxy) is 4. The zero-order chi connectivity index (χ0) is 70.1. The summed E-state index contributed by atoms with van der Waals surface area (Å²) in [6, 6.07) is 0. The summed E-state index contributed by atoms with van der Waals surface area (Å²) in [4.78, 5) is 72.8. The predicted octanol–water partition coefficient (Wildman–Crippen LogP) is 22.2. The molecule has 19 heteroatoms. The standard InChI is InChI=1S/C76H148O17P2/c1-8-10-11-12-13-14-15-16-17-18-19-22-29-38-45-52-59-75(80)92-71(63-86-73(78)57-50-43-36-28-23-20-21-26-33-40-47-54-67(3)4)65-90-94(82,83)88-61-70(77)62-89-95(84,85)91-66-72(64-87-74(79)58-51-44-37-32-31-34-41-48-55-68(5)6)93-76(81)60-53-46-39-30-25-24-27-35-42-49-56-69(7)9-2/h67-72,77H,8-66H2,1-7H3,(H,82,83)(H,84,85)/t69?,70-,71-,72-/m1/s1. The van der Waals surface area contributed by atoms with Crippen LogP contribution in [0.5, 0.6) is 0 Å². The van der Waals surface area contributed by atoms with Gasteiger partial charge in [0.25, 0.3) is 0 Å². The topological polar surface area (TPSA) is 237 Å². The third-order valence-corrected chi connectivity index (χ3v) is 19.9. The molecule has 0 saturated carbocycles. The summed E-state index contributed by atoms with van der Waals surface area (Å²) in [5.74, 6) is 0.183. The van der Waals surface area contributed by atoms with E-state index in [0.29, 0.717) is 25.7 Å². The van der Waals surface area contributed by atoms with Crippen LogP contribution in [0.1, 0.15) is 389 Å². The first-order chi connectivity index (χ1) is 45.8. The minimum atomic E-state index is -4.96. The van der Waals surface area contributed by atoms with Gasteiger partial charge in [-0.1, -0.05) is 337 Å². The summed E-state index contributed by atoms with van der Waals surface area (Å²) in [6.45, 7) is 11.9. The minimum absolute atomic E-state index is 0.106. The molecule has 0 radical (unpaired) electrons. The Balaban J connectivity index is 5.27. The average molecular weight is 1400 g/mol. The molecule has 0 aliphatic rings. The molecule has 0 spiro atoms. The Kier molecular flexibility index (Phi) is 65.2. The quantitative estimate of drug-likeness (QED) is 0.0222. The second kappa shape index (κ2) is 66.6. The van der Waals surface area contributed by atoms with Gasteiger partial charge in [-0.2, -0.15) is 0 Å². The van der Waals surface area contributed by atoms with Crippen LogP contribution in [0.3, 0.4) is 0 Å². The van der Waals surface area contributed by atoms with Crippen LogP contribution >= 0.6 is 15.6 Å². The van der Waals surface area contributed by atoms with Crippen molar-refractivity contribution in [3.8, 4) is 0 Å². The molecule has 0 aromatic rings. The number of esters is 4. The Labute approximate surface area is 581 Å². The van der Waals surface area contributed by atoms with Crippen molar-refractivity contribution >= 4 is 39.5 Å². The van der Waals surface area contributed by atoms with E-state index < -0.39 is 97.5 Å². The fraction of sp³-hybridized carbons (Fsp3) is 0.947. The fourth-order valence-corrected chi connectivity index (χ4v) is 13.1. The van der Waals surface area contributed by atoms with Crippen molar-refractivity contribution in [3.05, 3.63) is 0 Å². The van der Waals surface area contributed by atoms with Gasteiger partial charge in [-0.15, -0.1) is 0 Å². The molecule has 17 nitrogen and oxygen atoms in total. The third kappa shape index (κ3) is 69.0. The number of rotatable bonds is 74. The summed E-state index contributed by atoms with van der Waals surface area (Å²) < 4.78 is 68.6. The highest BCUT2D eigenvalue weighted by molar-refractivity contribution is 7.47. The van der Waals surface area contributed by atoms with E-state index in [4.69, 9.17) is 37.0 Å². The SMILES string of the molecule is CCCCCCCCCCCCCCCCCCC(=O)O[C@H](COC(=O)CCCCCCCCCCCCCC(C)C)COP(=O)(O)OC[C@@H](O)COP(=O)(O)OC[C@@H](COC(=O)CCCCCCCCCCC(C)C)OC(=O)CCCCCCCCCCCCC(C)CC. The monoisotopic (exact) mass is 1400 g/mol. The highest BCUT2D eigenvalue weighted by Gasteiger charge is 2.30. The van der Waals surface area contributed by atoms with Gasteiger partial charge in [0.05, 0.1) is 26.4 Å². The van der Waals surface area contributed by atoms with Crippen LogP contribution in [-0.2, 0) is 65.4 Å². The summed E-state index contributed by atoms with van der Waals surface area (Å²) >= 11 is 0. The lowest BCUT2D eigenvalue weighted by Gasteiger charge is -2.21. The molecule has 95 heavy (non-hydrogen) atoms. The van der Waals surface area contributed by atoms with Crippen LogP contribution in [0.15, 0.2) is 0 Å². The number of carbonyl (C=O) groups is 4. The number of unbranched alkanes of at least 4 members (excludes halogenated alkanes) is 41. The number of phosphoric acid groups is 2. The lowest BCUT2D eigenvalue weighted by Crippen LogP contribution is -2.30. The molecule has 0 aliphatic heterocycles. The number of hydrogen-bond acceptors (Lipinski definition) is 15. The van der Waals surface area contributed by atoms with Crippen LogP contribution in [-0.4, -0.2) is 96.7 Å². The normalized spacial score (nSPS) is 14.4. The maximum absolute atomic E-state index is 13.1. The Bertz CT molecular complexity index is 1850. The van der Waals surface area contributed by atoms with E-state index >= 15 is 0 Å². The van der Waals surface area contributed by atoms with Gasteiger partial charge >= 0.3 is 39.5 Å². The maximum atomic E-state index is 13.1. The van der Waals surface area contributed by atoms with Crippen molar-refractivity contribution in [3.63, 3.8) is 0 Å². The van der Waals surface area contributed by atoms with Gasteiger partial charge in [0, 0.05) is 25.7 Å². The molecular weight excluding hydrogens is 1250 g/mol. The van der Waals surface area contributed by atoms with E-state index in [2.05, 4.69) is 48.5 Å². The fourth-order valence-electron chi connectivity index (χ4n) is 11.6. The number of carbonyl (C=O) groups excluding carboxylic acids is 4. The summed E-state index contributed by atoms with van der Waals surface area (Å²) in [6.07, 6.45) is 52.6. The van der Waals surface area contributed by atoms with Crippen LogP contribution in [0, 0.1) is 17.8 Å². The molecule has 0 aliphatic carbocycles. The second-order valence-electron chi connectivity index (χ2n) is 28.6. The Morgan fingerprint density at radius 3 is 0.800 bits per heavy atom. The molecule has 0 fully saturated rings. The summed E-state index contributed by atoms with van der Waals surface area (Å²) in [5, 5.41) is 10.6. The molecule has 0 rings (SSSR count). The first-order valence-electron chi connectivity index (χ1n) is 39.4. The van der Waals surface area contributed by atoms with E-state index in [0.717, 1.165) is 108 Å². The smallest absolute Gasteiger partial charge is 0.462 e. The molecule has 0 heterocycles. The maximum Gasteiger partial charge on any atom is 0.472 e. The van der Waals surface area contributed by atoms with Crippen LogP contribution < -0.4 is 0 Å². The lowest BCUT2D eigenvalue weighted by molar-refractivity contribution is -0.161. The van der Waals surface area contributed by atoms with Gasteiger partial charge in [-0.3, -0.25) is 37.3 Å². The van der Waals surface area contributed by atoms with Gasteiger partial charge in [0.15, 0.2) is 12.2 Å². The van der Waals surface area contributed by atoms with Gasteiger partial charge in [-0.25, -0.2) is 9.13 Å². The van der Waals surface area contributed by atoms with Crippen molar-refractivity contribution in [2.24, 2.45) is 17.8 Å². The lowest BCUT2D eigenvalue weighted by atomic mass is 9.99. The van der Waals surface area contributed by atoms with Gasteiger partial charge in [0.1, 0.15) is 19.3 Å². The first kappa shape index (κ1) is 93.1. The molecule has 3 unspecified atom stereocenters. The molecule has 0 aromatic carbocycles. The largest absolute Gasteiger partial charge is 0.472 e. The number of hydrogen-bond donors (Lipinski definition) is 3. The highest BCUT2D eigenvalue weighted by Crippen LogP contribution is 2.45. The summed E-state index contributed by atoms with van der Waals surface area (Å²) in [5.41, 5.74) is 0. The third-order valence-electron chi connectivity index (χ3n) is 18.0. The minimum Gasteiger partial charge on any atom is -0.462 e. The van der Waals surface area contributed by atoms with Gasteiger partial charge in [-0.05, 0) is 43.4 Å². The number of phosphoric ester groups is 2. The molecule has 6 atom stereocenters. The molecule has 0 saturated heterocycles. The van der Waals surface area contributed by atoms with E-state index in [-0.39, 0.29) is 25.7 Å². The van der Waals surface area contributed by atoms with Crippen molar-refractivity contribution in [2.75, 3.05) is 39.6 Å². The van der Waals surface area contributed by atoms with Crippen LogP contribution in [0.4, 0.5) is 0 Å². The van der Waals surface area contributed by atoms with Gasteiger partial charge in [0.2, 0.25) is 0 Å². The number of aliphatic hydroxyl groups excluding tert-OH is 1. The predicted molar refractivity (Wildman–Crippen MR) is 386 cm³/mol. The second-order valence-corrected chi connectivity index (χ2v) is 31.5. The molecule has 0 aromatic heterocycles. The zero-order valence-electron chi connectivity index (χ0n) is 62.1. The Morgan fingerprint density at radius 1 is 0.305 bits per heavy atom. The van der Waals surface area contributed by atoms with Crippen molar-refractivity contribution in [1.29, 1.82) is 0 Å². The molecule has 0 amide bonds. The van der Waals surface area contributed by atoms with E-state index in [1.807, 2.05) is 0 Å². The van der Waals surface area contributed by atoms with Crippen LogP contribution in [0.2, 0.25) is 0 Å². The summed E-state index contributed by atoms with van der Waals surface area (Å²) in [7, 11) is -9.91. The Hall–Kier alpha value is -1.94. The van der Waals surface area contributed by atoms with Crippen molar-refractivity contribution < 1.29 is 80.2 Å². The number of aliphatic hydroxyl groups is 1.